The van der Waals surface area contributed by atoms with Crippen LogP contribution in [0.1, 0.15) is 12.5 Å². The third-order valence-electron chi connectivity index (χ3n) is 3.46. The van der Waals surface area contributed by atoms with Crippen molar-refractivity contribution < 1.29 is 9.90 Å². The summed E-state index contributed by atoms with van der Waals surface area (Å²) < 4.78 is 0. The fourth-order valence-electron chi connectivity index (χ4n) is 2.38. The maximum atomic E-state index is 12.3. The molecule has 0 aliphatic carbocycles. The minimum absolute atomic E-state index is 0.00411. The zero-order valence-electron chi connectivity index (χ0n) is 10.8. The lowest BCUT2D eigenvalue weighted by atomic mass is 10.1. The molecule has 1 aliphatic rings. The Morgan fingerprint density at radius 3 is 2.72 bits per heavy atom. The molecule has 1 aromatic heterocycles. The Morgan fingerprint density at radius 1 is 1.44 bits per heavy atom. The lowest BCUT2D eigenvalue weighted by molar-refractivity contribution is -0.147. The average molecular weight is 249 g/mol. The number of rotatable bonds is 3. The Hall–Kier alpha value is -1.46. The first-order chi connectivity index (χ1) is 8.63. The van der Waals surface area contributed by atoms with Crippen LogP contribution in [0.2, 0.25) is 0 Å². The van der Waals surface area contributed by atoms with E-state index < -0.39 is 6.04 Å². The number of nitrogens with zero attached hydrogens (tertiary/aromatic N) is 3. The molecule has 1 saturated heterocycles. The van der Waals surface area contributed by atoms with Gasteiger partial charge in [0, 0.05) is 31.5 Å². The average Bonchev–Trinajstić information content (AvgIpc) is 2.36. The van der Waals surface area contributed by atoms with E-state index in [1.165, 1.54) is 0 Å². The number of carbonyl (C=O) groups is 1. The summed E-state index contributed by atoms with van der Waals surface area (Å²) in [4.78, 5) is 20.0. The monoisotopic (exact) mass is 249 g/mol. The molecule has 1 N–H and O–H groups in total. The zero-order valence-corrected chi connectivity index (χ0v) is 10.8. The van der Waals surface area contributed by atoms with Crippen LogP contribution < -0.4 is 0 Å². The molecule has 0 bridgehead atoms. The summed E-state index contributed by atoms with van der Waals surface area (Å²) in [6.45, 7) is 3.26. The number of carbonyl (C=O) groups excluding carboxylic acids is 1. The van der Waals surface area contributed by atoms with Crippen LogP contribution in [-0.4, -0.2) is 58.1 Å². The molecule has 2 atom stereocenters. The van der Waals surface area contributed by atoms with Crippen molar-refractivity contribution in [3.05, 3.63) is 30.1 Å². The number of aliphatic hydroxyl groups is 1. The summed E-state index contributed by atoms with van der Waals surface area (Å²) in [5, 5.41) is 9.30. The van der Waals surface area contributed by atoms with E-state index in [9.17, 15) is 9.90 Å². The third kappa shape index (κ3) is 2.52. The fourth-order valence-corrected chi connectivity index (χ4v) is 2.38. The highest BCUT2D eigenvalue weighted by Gasteiger charge is 2.36. The molecule has 0 radical (unpaired) electrons. The van der Waals surface area contributed by atoms with Crippen LogP contribution in [0.15, 0.2) is 24.5 Å². The molecule has 1 amide bonds. The summed E-state index contributed by atoms with van der Waals surface area (Å²) >= 11 is 0. The van der Waals surface area contributed by atoms with Gasteiger partial charge in [0.15, 0.2) is 0 Å². The molecule has 2 heterocycles. The molecular weight excluding hydrogens is 230 g/mol. The second-order valence-electron chi connectivity index (χ2n) is 4.81. The molecule has 0 aromatic carbocycles. The van der Waals surface area contributed by atoms with E-state index in [4.69, 9.17) is 0 Å². The Labute approximate surface area is 107 Å². The van der Waals surface area contributed by atoms with Crippen molar-refractivity contribution in [1.29, 1.82) is 0 Å². The van der Waals surface area contributed by atoms with Crippen LogP contribution in [0, 0.1) is 0 Å². The molecule has 5 nitrogen and oxygen atoms in total. The minimum atomic E-state index is -0.414. The molecule has 18 heavy (non-hydrogen) atoms. The predicted molar refractivity (Wildman–Crippen MR) is 67.8 cm³/mol. The van der Waals surface area contributed by atoms with Crippen LogP contribution in [0.5, 0.6) is 0 Å². The number of amides is 1. The quantitative estimate of drug-likeness (QED) is 0.826. The molecule has 1 aliphatic heterocycles. The van der Waals surface area contributed by atoms with E-state index in [0.29, 0.717) is 6.54 Å². The largest absolute Gasteiger partial charge is 0.394 e. The first kappa shape index (κ1) is 13.0. The molecule has 1 fully saturated rings. The number of pyridine rings is 1. The summed E-state index contributed by atoms with van der Waals surface area (Å²) in [5.41, 5.74) is 1.06. The molecular formula is C13H19N3O2. The highest BCUT2D eigenvalue weighted by Crippen LogP contribution is 2.17. The summed E-state index contributed by atoms with van der Waals surface area (Å²) in [7, 11) is 1.87. The van der Waals surface area contributed by atoms with Crippen molar-refractivity contribution in [2.24, 2.45) is 0 Å². The Balaban J connectivity index is 2.13. The van der Waals surface area contributed by atoms with Crippen LogP contribution in [0.25, 0.3) is 0 Å². The fraction of sp³-hybridized carbons (Fsp3) is 0.538. The van der Waals surface area contributed by atoms with E-state index in [0.717, 1.165) is 12.1 Å². The van der Waals surface area contributed by atoms with E-state index in [-0.39, 0.29) is 18.6 Å². The maximum absolute atomic E-state index is 12.3. The summed E-state index contributed by atoms with van der Waals surface area (Å²) in [6, 6.07) is 3.56. The molecule has 0 saturated carbocycles. The van der Waals surface area contributed by atoms with Crippen LogP contribution in [0.3, 0.4) is 0 Å². The van der Waals surface area contributed by atoms with E-state index in [2.05, 4.69) is 4.98 Å². The Kier molecular flexibility index (Phi) is 3.93. The van der Waals surface area contributed by atoms with Crippen molar-refractivity contribution in [2.45, 2.75) is 25.6 Å². The van der Waals surface area contributed by atoms with Gasteiger partial charge in [-0.2, -0.15) is 0 Å². The molecule has 5 heteroatoms. The smallest absolute Gasteiger partial charge is 0.242 e. The SMILES string of the molecule is CC1CN(C)C(CO)C(=O)N1Cc1ccncc1. The third-order valence-corrected chi connectivity index (χ3v) is 3.46. The number of likely N-dealkylation sites (N-methyl/N-ethyl adjacent to an activating group) is 1. The van der Waals surface area contributed by atoms with Gasteiger partial charge in [-0.25, -0.2) is 0 Å². The van der Waals surface area contributed by atoms with Gasteiger partial charge in [-0.05, 0) is 31.7 Å². The minimum Gasteiger partial charge on any atom is -0.394 e. The molecule has 1 aromatic rings. The number of hydrogen-bond acceptors (Lipinski definition) is 4. The maximum Gasteiger partial charge on any atom is 0.242 e. The van der Waals surface area contributed by atoms with Gasteiger partial charge in [0.05, 0.1) is 6.61 Å². The molecule has 2 rings (SSSR count). The lowest BCUT2D eigenvalue weighted by Crippen LogP contribution is -2.60. The normalized spacial score (nSPS) is 25.5. The molecule has 2 unspecified atom stereocenters. The molecule has 98 valence electrons. The highest BCUT2D eigenvalue weighted by atomic mass is 16.3. The van der Waals surface area contributed by atoms with Crippen molar-refractivity contribution in [3.8, 4) is 0 Å². The number of piperazine rings is 1. The van der Waals surface area contributed by atoms with Crippen molar-refractivity contribution in [2.75, 3.05) is 20.2 Å². The number of aromatic nitrogens is 1. The Morgan fingerprint density at radius 2 is 2.11 bits per heavy atom. The van der Waals surface area contributed by atoms with Gasteiger partial charge in [-0.3, -0.25) is 14.7 Å². The van der Waals surface area contributed by atoms with Gasteiger partial charge >= 0.3 is 0 Å². The van der Waals surface area contributed by atoms with Crippen LogP contribution in [0.4, 0.5) is 0 Å². The topological polar surface area (TPSA) is 56.7 Å². The second kappa shape index (κ2) is 5.46. The van der Waals surface area contributed by atoms with Crippen molar-refractivity contribution in [3.63, 3.8) is 0 Å². The van der Waals surface area contributed by atoms with Gasteiger partial charge in [0.1, 0.15) is 6.04 Å². The summed E-state index contributed by atoms with van der Waals surface area (Å²) in [5.74, 6) is -0.00411. The lowest BCUT2D eigenvalue weighted by Gasteiger charge is -2.42. The van der Waals surface area contributed by atoms with Gasteiger partial charge < -0.3 is 10.0 Å². The summed E-state index contributed by atoms with van der Waals surface area (Å²) in [6.07, 6.45) is 3.45. The predicted octanol–water partition coefficient (Wildman–Crippen LogP) is 0.105. The van der Waals surface area contributed by atoms with Gasteiger partial charge in [0.2, 0.25) is 5.91 Å². The van der Waals surface area contributed by atoms with Gasteiger partial charge in [-0.15, -0.1) is 0 Å². The van der Waals surface area contributed by atoms with Crippen molar-refractivity contribution >= 4 is 5.91 Å². The van der Waals surface area contributed by atoms with Crippen LogP contribution in [-0.2, 0) is 11.3 Å². The van der Waals surface area contributed by atoms with Crippen LogP contribution >= 0.6 is 0 Å². The number of aliphatic hydroxyl groups excluding tert-OH is 1. The van der Waals surface area contributed by atoms with E-state index in [1.807, 2.05) is 35.9 Å². The zero-order chi connectivity index (χ0) is 13.1. The van der Waals surface area contributed by atoms with Crippen molar-refractivity contribution in [1.82, 2.24) is 14.8 Å². The second-order valence-corrected chi connectivity index (χ2v) is 4.81. The highest BCUT2D eigenvalue weighted by molar-refractivity contribution is 5.83. The van der Waals surface area contributed by atoms with Gasteiger partial charge in [0.25, 0.3) is 0 Å². The first-order valence-corrected chi connectivity index (χ1v) is 6.14. The van der Waals surface area contributed by atoms with Gasteiger partial charge in [-0.1, -0.05) is 0 Å². The standard InChI is InChI=1S/C13H19N3O2/c1-10-7-15(2)12(9-17)13(18)16(10)8-11-3-5-14-6-4-11/h3-6,10,12,17H,7-9H2,1-2H3. The Bertz CT molecular complexity index is 410. The van der Waals surface area contributed by atoms with E-state index in [1.54, 1.807) is 12.4 Å². The number of hydrogen-bond donors (Lipinski definition) is 1. The molecule has 0 spiro atoms. The van der Waals surface area contributed by atoms with E-state index >= 15 is 0 Å². The first-order valence-electron chi connectivity index (χ1n) is 6.14.